The second kappa shape index (κ2) is 7.33. The molecule has 1 aliphatic rings. The summed E-state index contributed by atoms with van der Waals surface area (Å²) in [4.78, 5) is 12.3. The second-order valence-corrected chi connectivity index (χ2v) is 7.80. The summed E-state index contributed by atoms with van der Waals surface area (Å²) in [7, 11) is -3.57. The Balaban J connectivity index is 1.68. The van der Waals surface area contributed by atoms with Crippen molar-refractivity contribution in [3.05, 3.63) is 59.9 Å². The third-order valence-corrected chi connectivity index (χ3v) is 5.74. The molecule has 1 fully saturated rings. The van der Waals surface area contributed by atoms with Crippen LogP contribution in [0.1, 0.15) is 36.0 Å². The number of amides is 1. The van der Waals surface area contributed by atoms with Gasteiger partial charge in [-0.15, -0.1) is 0 Å². The Morgan fingerprint density at radius 3 is 2.16 bits per heavy atom. The summed E-state index contributed by atoms with van der Waals surface area (Å²) < 4.78 is 40.3. The lowest BCUT2D eigenvalue weighted by Crippen LogP contribution is -2.32. The molecule has 1 saturated carbocycles. The zero-order valence-corrected chi connectivity index (χ0v) is 14.4. The van der Waals surface area contributed by atoms with Crippen molar-refractivity contribution in [2.45, 2.75) is 36.6 Å². The molecule has 0 aromatic heterocycles. The molecule has 7 heteroatoms. The number of halogens is 1. The number of hydrogen-bond donors (Lipinski definition) is 2. The predicted octanol–water partition coefficient (Wildman–Crippen LogP) is 3.30. The van der Waals surface area contributed by atoms with Crippen LogP contribution in [0.15, 0.2) is 53.4 Å². The molecule has 0 spiro atoms. The number of nitrogens with one attached hydrogen (secondary N) is 2. The van der Waals surface area contributed by atoms with Crippen molar-refractivity contribution in [1.29, 1.82) is 0 Å². The number of rotatable bonds is 5. The Labute approximate surface area is 146 Å². The van der Waals surface area contributed by atoms with Gasteiger partial charge in [-0.3, -0.25) is 4.79 Å². The van der Waals surface area contributed by atoms with Crippen molar-refractivity contribution < 1.29 is 17.6 Å². The zero-order valence-electron chi connectivity index (χ0n) is 13.5. The highest BCUT2D eigenvalue weighted by Gasteiger charge is 2.23. The van der Waals surface area contributed by atoms with E-state index in [0.717, 1.165) is 25.7 Å². The average Bonchev–Trinajstić information content (AvgIpc) is 3.09. The van der Waals surface area contributed by atoms with E-state index < -0.39 is 10.0 Å². The number of carbonyl (C=O) groups is 1. The largest absolute Gasteiger partial charge is 0.322 e. The fourth-order valence-corrected chi connectivity index (χ4v) is 4.16. The van der Waals surface area contributed by atoms with Crippen LogP contribution in [0.25, 0.3) is 0 Å². The molecule has 25 heavy (non-hydrogen) atoms. The maximum absolute atomic E-state index is 12.9. The highest BCUT2D eigenvalue weighted by atomic mass is 32.2. The molecule has 1 aliphatic carbocycles. The van der Waals surface area contributed by atoms with E-state index in [-0.39, 0.29) is 22.7 Å². The van der Waals surface area contributed by atoms with Gasteiger partial charge in [0.1, 0.15) is 5.82 Å². The number of carbonyl (C=O) groups excluding carboxylic acids is 1. The Morgan fingerprint density at radius 1 is 0.960 bits per heavy atom. The molecule has 1 amide bonds. The van der Waals surface area contributed by atoms with Gasteiger partial charge >= 0.3 is 0 Å². The van der Waals surface area contributed by atoms with Crippen LogP contribution in [0.5, 0.6) is 0 Å². The van der Waals surface area contributed by atoms with Crippen molar-refractivity contribution in [2.75, 3.05) is 5.32 Å². The summed E-state index contributed by atoms with van der Waals surface area (Å²) in [5, 5.41) is 2.63. The zero-order chi connectivity index (χ0) is 17.9. The quantitative estimate of drug-likeness (QED) is 0.857. The van der Waals surface area contributed by atoms with Crippen LogP contribution >= 0.6 is 0 Å². The van der Waals surface area contributed by atoms with E-state index in [2.05, 4.69) is 10.0 Å². The lowest BCUT2D eigenvalue weighted by Gasteiger charge is -2.13. The van der Waals surface area contributed by atoms with Gasteiger partial charge in [0, 0.05) is 17.3 Å². The summed E-state index contributed by atoms with van der Waals surface area (Å²) in [5.41, 5.74) is 0.787. The van der Waals surface area contributed by atoms with Crippen LogP contribution in [0.2, 0.25) is 0 Å². The monoisotopic (exact) mass is 362 g/mol. The lowest BCUT2D eigenvalue weighted by molar-refractivity contribution is 0.102. The van der Waals surface area contributed by atoms with Gasteiger partial charge in [0.15, 0.2) is 0 Å². The number of sulfonamides is 1. The first-order chi connectivity index (χ1) is 11.9. The smallest absolute Gasteiger partial charge is 0.255 e. The Hall–Kier alpha value is -2.25. The Kier molecular flexibility index (Phi) is 5.15. The molecule has 5 nitrogen and oxygen atoms in total. The third kappa shape index (κ3) is 4.43. The van der Waals surface area contributed by atoms with Crippen molar-refractivity contribution >= 4 is 21.6 Å². The molecule has 2 aromatic carbocycles. The van der Waals surface area contributed by atoms with Gasteiger partial charge in [-0.1, -0.05) is 12.8 Å². The minimum absolute atomic E-state index is 0.00792. The maximum atomic E-state index is 12.9. The van der Waals surface area contributed by atoms with E-state index in [4.69, 9.17) is 0 Å². The van der Waals surface area contributed by atoms with Gasteiger partial charge in [0.05, 0.1) is 4.90 Å². The fraction of sp³-hybridized carbons (Fsp3) is 0.278. The van der Waals surface area contributed by atoms with E-state index in [1.165, 1.54) is 48.5 Å². The summed E-state index contributed by atoms with van der Waals surface area (Å²) >= 11 is 0. The van der Waals surface area contributed by atoms with Gasteiger partial charge in [-0.25, -0.2) is 17.5 Å². The highest BCUT2D eigenvalue weighted by Crippen LogP contribution is 2.21. The van der Waals surface area contributed by atoms with Crippen molar-refractivity contribution in [1.82, 2.24) is 4.72 Å². The number of benzene rings is 2. The topological polar surface area (TPSA) is 75.3 Å². The molecule has 0 heterocycles. The molecule has 0 atom stereocenters. The molecule has 0 radical (unpaired) electrons. The Morgan fingerprint density at radius 2 is 1.56 bits per heavy atom. The van der Waals surface area contributed by atoms with Crippen molar-refractivity contribution in [3.63, 3.8) is 0 Å². The summed E-state index contributed by atoms with van der Waals surface area (Å²) in [6.45, 7) is 0. The van der Waals surface area contributed by atoms with Gasteiger partial charge < -0.3 is 5.32 Å². The highest BCUT2D eigenvalue weighted by molar-refractivity contribution is 7.89. The molecule has 3 rings (SSSR count). The fourth-order valence-electron chi connectivity index (χ4n) is 2.85. The maximum Gasteiger partial charge on any atom is 0.255 e. The molecular formula is C18H19FN2O3S. The molecule has 0 bridgehead atoms. The first kappa shape index (κ1) is 17.6. The molecule has 132 valence electrons. The average molecular weight is 362 g/mol. The van der Waals surface area contributed by atoms with Crippen LogP contribution in [0.3, 0.4) is 0 Å². The molecule has 0 aliphatic heterocycles. The first-order valence-corrected chi connectivity index (χ1v) is 9.62. The number of hydrogen-bond acceptors (Lipinski definition) is 3. The summed E-state index contributed by atoms with van der Waals surface area (Å²) in [6, 6.07) is 11.2. The molecule has 2 aromatic rings. The van der Waals surface area contributed by atoms with Crippen molar-refractivity contribution in [3.8, 4) is 0 Å². The van der Waals surface area contributed by atoms with Gasteiger partial charge in [-0.05, 0) is 61.4 Å². The summed E-state index contributed by atoms with van der Waals surface area (Å²) in [6.07, 6.45) is 3.79. The lowest BCUT2D eigenvalue weighted by atomic mass is 10.2. The van der Waals surface area contributed by atoms with Crippen LogP contribution in [0.4, 0.5) is 10.1 Å². The third-order valence-electron chi connectivity index (χ3n) is 4.21. The first-order valence-electron chi connectivity index (χ1n) is 8.13. The van der Waals surface area contributed by atoms with Crippen LogP contribution < -0.4 is 10.0 Å². The van der Waals surface area contributed by atoms with Crippen molar-refractivity contribution in [2.24, 2.45) is 0 Å². The minimum Gasteiger partial charge on any atom is -0.322 e. The predicted molar refractivity (Wildman–Crippen MR) is 93.4 cm³/mol. The van der Waals surface area contributed by atoms with Crippen LogP contribution in [0, 0.1) is 5.82 Å². The number of anilines is 1. The van der Waals surface area contributed by atoms with E-state index in [0.29, 0.717) is 11.3 Å². The van der Waals surface area contributed by atoms with Crippen LogP contribution in [-0.4, -0.2) is 20.4 Å². The SMILES string of the molecule is O=C(Nc1ccc(F)cc1)c1ccc(S(=O)(=O)NC2CCCC2)cc1. The molecular weight excluding hydrogens is 343 g/mol. The van der Waals surface area contributed by atoms with Gasteiger partial charge in [0.2, 0.25) is 10.0 Å². The molecule has 0 unspecified atom stereocenters. The van der Waals surface area contributed by atoms with E-state index in [1.807, 2.05) is 0 Å². The van der Waals surface area contributed by atoms with E-state index in [1.54, 1.807) is 0 Å². The Bertz CT molecular complexity index is 843. The van der Waals surface area contributed by atoms with Gasteiger partial charge in [-0.2, -0.15) is 0 Å². The summed E-state index contributed by atoms with van der Waals surface area (Å²) in [5.74, 6) is -0.776. The molecule has 0 saturated heterocycles. The van der Waals surface area contributed by atoms with E-state index >= 15 is 0 Å². The minimum atomic E-state index is -3.57. The van der Waals surface area contributed by atoms with Gasteiger partial charge in [0.25, 0.3) is 5.91 Å². The molecule has 2 N–H and O–H groups in total. The van der Waals surface area contributed by atoms with Crippen LogP contribution in [-0.2, 0) is 10.0 Å². The second-order valence-electron chi connectivity index (χ2n) is 6.09. The standard InChI is InChI=1S/C18H19FN2O3S/c19-14-7-9-15(10-8-14)20-18(22)13-5-11-17(12-6-13)25(23,24)21-16-3-1-2-4-16/h5-12,16,21H,1-4H2,(H,20,22). The van der Waals surface area contributed by atoms with E-state index in [9.17, 15) is 17.6 Å². The normalized spacial score (nSPS) is 15.2.